The average Bonchev–Trinajstić information content (AvgIpc) is 2.44. The smallest absolute Gasteiger partial charge is 0.119 e. The van der Waals surface area contributed by atoms with Crippen molar-refractivity contribution < 1.29 is 24.4 Å². The van der Waals surface area contributed by atoms with Gasteiger partial charge in [0.15, 0.2) is 0 Å². The Morgan fingerprint density at radius 3 is 2.37 bits per heavy atom. The van der Waals surface area contributed by atoms with Crippen molar-refractivity contribution in [2.45, 2.75) is 25.7 Å². The highest BCUT2D eigenvalue weighted by Gasteiger charge is 2.09. The maximum Gasteiger partial charge on any atom is 0.119 e. The number of benzene rings is 1. The zero-order chi connectivity index (χ0) is 14.1. The van der Waals surface area contributed by atoms with Gasteiger partial charge >= 0.3 is 0 Å². The summed E-state index contributed by atoms with van der Waals surface area (Å²) in [7, 11) is 1.61. The van der Waals surface area contributed by atoms with Gasteiger partial charge < -0.3 is 24.4 Å². The normalized spacial score (nSPS) is 14.1. The fourth-order valence-electron chi connectivity index (χ4n) is 1.49. The lowest BCUT2D eigenvalue weighted by atomic mass is 10.2. The molecule has 5 heteroatoms. The first-order valence-corrected chi connectivity index (χ1v) is 6.27. The first-order valence-electron chi connectivity index (χ1n) is 6.27. The number of aliphatic hydroxyl groups excluding tert-OH is 2. The van der Waals surface area contributed by atoms with Crippen molar-refractivity contribution in [2.75, 3.05) is 26.9 Å². The van der Waals surface area contributed by atoms with E-state index in [0.717, 1.165) is 5.56 Å². The summed E-state index contributed by atoms with van der Waals surface area (Å²) in [6.07, 6.45) is -0.736. The van der Waals surface area contributed by atoms with Crippen LogP contribution >= 0.6 is 0 Å². The molecule has 0 aliphatic heterocycles. The third-order valence-corrected chi connectivity index (χ3v) is 2.52. The summed E-state index contributed by atoms with van der Waals surface area (Å²) in [5.41, 5.74) is 0.824. The summed E-state index contributed by atoms with van der Waals surface area (Å²) in [6.45, 7) is 2.76. The van der Waals surface area contributed by atoms with Crippen LogP contribution in [0.25, 0.3) is 0 Å². The second-order valence-electron chi connectivity index (χ2n) is 4.37. The molecular formula is C14H22O5. The van der Waals surface area contributed by atoms with Gasteiger partial charge in [0.25, 0.3) is 0 Å². The topological polar surface area (TPSA) is 68.2 Å². The van der Waals surface area contributed by atoms with Crippen LogP contribution < -0.4 is 4.74 Å². The quantitative estimate of drug-likeness (QED) is 0.700. The number of methoxy groups -OCH3 is 1. The van der Waals surface area contributed by atoms with Crippen molar-refractivity contribution in [3.05, 3.63) is 29.8 Å². The Morgan fingerprint density at radius 2 is 1.79 bits per heavy atom. The van der Waals surface area contributed by atoms with E-state index in [0.29, 0.717) is 12.4 Å². The molecule has 2 unspecified atom stereocenters. The summed E-state index contributed by atoms with van der Waals surface area (Å²) < 4.78 is 15.7. The molecule has 0 aromatic heterocycles. The van der Waals surface area contributed by atoms with Crippen molar-refractivity contribution in [3.8, 4) is 5.75 Å². The van der Waals surface area contributed by atoms with Crippen LogP contribution in [0.4, 0.5) is 0 Å². The first kappa shape index (κ1) is 15.9. The monoisotopic (exact) mass is 270 g/mol. The maximum atomic E-state index is 9.70. The molecule has 2 atom stereocenters. The number of rotatable bonds is 9. The van der Waals surface area contributed by atoms with Crippen LogP contribution in [0.1, 0.15) is 12.5 Å². The Kier molecular flexibility index (Phi) is 7.43. The maximum absolute atomic E-state index is 9.70. The molecule has 0 saturated carbocycles. The number of hydrogen-bond donors (Lipinski definition) is 2. The van der Waals surface area contributed by atoms with Crippen molar-refractivity contribution in [3.63, 3.8) is 0 Å². The van der Waals surface area contributed by atoms with Gasteiger partial charge in [-0.1, -0.05) is 12.1 Å². The minimum absolute atomic E-state index is 0.00807. The molecule has 1 rings (SSSR count). The lowest BCUT2D eigenvalue weighted by molar-refractivity contribution is -0.0423. The second kappa shape index (κ2) is 8.87. The van der Waals surface area contributed by atoms with Gasteiger partial charge in [0.2, 0.25) is 0 Å². The zero-order valence-electron chi connectivity index (χ0n) is 11.4. The minimum atomic E-state index is -0.683. The Hall–Kier alpha value is -1.14. The highest BCUT2D eigenvalue weighted by molar-refractivity contribution is 5.26. The molecule has 1 aromatic carbocycles. The minimum Gasteiger partial charge on any atom is -0.491 e. The van der Waals surface area contributed by atoms with Gasteiger partial charge in [0.05, 0.1) is 25.9 Å². The van der Waals surface area contributed by atoms with Crippen LogP contribution in [0, 0.1) is 0 Å². The second-order valence-corrected chi connectivity index (χ2v) is 4.37. The van der Waals surface area contributed by atoms with E-state index < -0.39 is 6.10 Å². The van der Waals surface area contributed by atoms with Gasteiger partial charge in [-0.25, -0.2) is 0 Å². The largest absolute Gasteiger partial charge is 0.491 e. The molecule has 108 valence electrons. The summed E-state index contributed by atoms with van der Waals surface area (Å²) in [4.78, 5) is 0. The highest BCUT2D eigenvalue weighted by Crippen LogP contribution is 2.12. The van der Waals surface area contributed by atoms with Crippen LogP contribution in [-0.4, -0.2) is 49.4 Å². The Morgan fingerprint density at radius 1 is 1.11 bits per heavy atom. The Balaban J connectivity index is 2.23. The molecule has 0 fully saturated rings. The Bertz CT molecular complexity index is 338. The van der Waals surface area contributed by atoms with Crippen LogP contribution in [0.2, 0.25) is 0 Å². The summed E-state index contributed by atoms with van der Waals surface area (Å²) in [6, 6.07) is 7.07. The molecule has 0 aliphatic carbocycles. The van der Waals surface area contributed by atoms with Crippen LogP contribution in [0.5, 0.6) is 5.75 Å². The van der Waals surface area contributed by atoms with E-state index in [1.165, 1.54) is 0 Å². The molecule has 5 nitrogen and oxygen atoms in total. The van der Waals surface area contributed by atoms with Crippen molar-refractivity contribution in [1.82, 2.24) is 0 Å². The molecule has 2 N–H and O–H groups in total. The summed E-state index contributed by atoms with van der Waals surface area (Å²) in [5.74, 6) is 0.654. The molecule has 19 heavy (non-hydrogen) atoms. The number of ether oxygens (including phenoxy) is 3. The Labute approximate surface area is 113 Å². The van der Waals surface area contributed by atoms with Gasteiger partial charge in [-0.3, -0.25) is 0 Å². The van der Waals surface area contributed by atoms with Gasteiger partial charge in [-0.15, -0.1) is 0 Å². The first-order chi connectivity index (χ1) is 9.15. The zero-order valence-corrected chi connectivity index (χ0v) is 11.4. The third-order valence-electron chi connectivity index (χ3n) is 2.52. The van der Waals surface area contributed by atoms with E-state index in [-0.39, 0.29) is 25.9 Å². The highest BCUT2D eigenvalue weighted by atomic mass is 16.5. The van der Waals surface area contributed by atoms with Gasteiger partial charge in [0.1, 0.15) is 18.5 Å². The number of aliphatic hydroxyl groups is 2. The standard InChI is InChI=1S/C14H22O5/c1-11(8-17-2)18-9-13(16)10-19-14-5-3-12(7-15)4-6-14/h3-6,11,13,15-16H,7-10H2,1-2H3. The molecule has 0 heterocycles. The fraction of sp³-hybridized carbons (Fsp3) is 0.571. The molecule has 0 bridgehead atoms. The van der Waals surface area contributed by atoms with E-state index in [1.807, 2.05) is 6.92 Å². The fourth-order valence-corrected chi connectivity index (χ4v) is 1.49. The van der Waals surface area contributed by atoms with Crippen LogP contribution in [0.3, 0.4) is 0 Å². The van der Waals surface area contributed by atoms with E-state index in [2.05, 4.69) is 0 Å². The molecule has 0 amide bonds. The lowest BCUT2D eigenvalue weighted by Crippen LogP contribution is -2.27. The van der Waals surface area contributed by atoms with Crippen LogP contribution in [-0.2, 0) is 16.1 Å². The molecule has 1 aromatic rings. The number of hydrogen-bond acceptors (Lipinski definition) is 5. The van der Waals surface area contributed by atoms with E-state index in [4.69, 9.17) is 19.3 Å². The van der Waals surface area contributed by atoms with E-state index >= 15 is 0 Å². The van der Waals surface area contributed by atoms with Crippen LogP contribution in [0.15, 0.2) is 24.3 Å². The summed E-state index contributed by atoms with van der Waals surface area (Å²) >= 11 is 0. The van der Waals surface area contributed by atoms with Gasteiger partial charge in [-0.05, 0) is 24.6 Å². The molecule has 0 spiro atoms. The predicted octanol–water partition coefficient (Wildman–Crippen LogP) is 0.970. The molecule has 0 radical (unpaired) electrons. The van der Waals surface area contributed by atoms with Crippen molar-refractivity contribution in [2.24, 2.45) is 0 Å². The average molecular weight is 270 g/mol. The predicted molar refractivity (Wildman–Crippen MR) is 71.2 cm³/mol. The van der Waals surface area contributed by atoms with Crippen molar-refractivity contribution in [1.29, 1.82) is 0 Å². The molecule has 0 aliphatic rings. The van der Waals surface area contributed by atoms with E-state index in [9.17, 15) is 5.11 Å². The van der Waals surface area contributed by atoms with E-state index in [1.54, 1.807) is 31.4 Å². The lowest BCUT2D eigenvalue weighted by Gasteiger charge is -2.16. The van der Waals surface area contributed by atoms with Gasteiger partial charge in [0, 0.05) is 7.11 Å². The SMILES string of the molecule is COCC(C)OCC(O)COc1ccc(CO)cc1. The van der Waals surface area contributed by atoms with Crippen molar-refractivity contribution >= 4 is 0 Å². The summed E-state index contributed by atoms with van der Waals surface area (Å²) in [5, 5.41) is 18.6. The van der Waals surface area contributed by atoms with Gasteiger partial charge in [-0.2, -0.15) is 0 Å². The molecule has 0 saturated heterocycles. The molecular weight excluding hydrogens is 248 g/mol. The third kappa shape index (κ3) is 6.54.